The van der Waals surface area contributed by atoms with E-state index in [1.165, 1.54) is 19.1 Å². The van der Waals surface area contributed by atoms with Crippen molar-refractivity contribution in [3.8, 4) is 0 Å². The van der Waals surface area contributed by atoms with E-state index in [1.54, 1.807) is 0 Å². The third kappa shape index (κ3) is 7.63. The van der Waals surface area contributed by atoms with E-state index < -0.39 is 24.1 Å². The fourth-order valence-corrected chi connectivity index (χ4v) is 1.60. The quantitative estimate of drug-likeness (QED) is 0.585. The largest absolute Gasteiger partial charge is 0.480 e. The molecule has 0 aromatic heterocycles. The van der Waals surface area contributed by atoms with Crippen LogP contribution in [0.25, 0.3) is 0 Å². The van der Waals surface area contributed by atoms with Crippen LogP contribution in [0.15, 0.2) is 0 Å². The number of aliphatic carboxylic acids is 1. The molecule has 2 amide bonds. The highest BCUT2D eigenvalue weighted by Crippen LogP contribution is 2.05. The van der Waals surface area contributed by atoms with E-state index in [0.717, 1.165) is 0 Å². The second-order valence-corrected chi connectivity index (χ2v) is 4.96. The summed E-state index contributed by atoms with van der Waals surface area (Å²) in [6, 6.07) is -1.45. The zero-order valence-electron chi connectivity index (χ0n) is 11.9. The summed E-state index contributed by atoms with van der Waals surface area (Å²) < 4.78 is 4.75. The van der Waals surface area contributed by atoms with Crippen LogP contribution in [0.5, 0.6) is 0 Å². The summed E-state index contributed by atoms with van der Waals surface area (Å²) in [5.74, 6) is -0.904. The first-order valence-corrected chi connectivity index (χ1v) is 6.19. The van der Waals surface area contributed by atoms with Crippen molar-refractivity contribution in [1.82, 2.24) is 10.2 Å². The van der Waals surface area contributed by atoms with Crippen LogP contribution in [-0.2, 0) is 9.53 Å². The topological polar surface area (TPSA) is 99.1 Å². The minimum absolute atomic E-state index is 0.0771. The molecule has 7 nitrogen and oxygen atoms in total. The van der Waals surface area contributed by atoms with Crippen LogP contribution in [-0.4, -0.2) is 66.6 Å². The number of ether oxygens (including phenoxy) is 1. The molecule has 0 saturated carbocycles. The van der Waals surface area contributed by atoms with Crippen molar-refractivity contribution >= 4 is 12.0 Å². The number of urea groups is 1. The summed E-state index contributed by atoms with van der Waals surface area (Å²) in [6.07, 6.45) is -0.440. The fraction of sp³-hybridized carbons (Fsp3) is 0.833. The Morgan fingerprint density at radius 1 is 1.37 bits per heavy atom. The number of rotatable bonds is 8. The molecular formula is C12H24N2O5. The second kappa shape index (κ2) is 8.71. The first-order valence-electron chi connectivity index (χ1n) is 6.19. The van der Waals surface area contributed by atoms with E-state index in [2.05, 4.69) is 5.32 Å². The molecule has 0 bridgehead atoms. The Kier molecular flexibility index (Phi) is 8.09. The lowest BCUT2D eigenvalue weighted by molar-refractivity contribution is -0.139. The van der Waals surface area contributed by atoms with E-state index in [4.69, 9.17) is 9.84 Å². The lowest BCUT2D eigenvalue weighted by Crippen LogP contribution is -2.49. The maximum absolute atomic E-state index is 11.8. The molecule has 0 fully saturated rings. The van der Waals surface area contributed by atoms with Crippen molar-refractivity contribution in [1.29, 1.82) is 0 Å². The number of carboxylic acid groups (broad SMARTS) is 1. The average Bonchev–Trinajstić information content (AvgIpc) is 2.27. The van der Waals surface area contributed by atoms with E-state index in [-0.39, 0.29) is 19.1 Å². The summed E-state index contributed by atoms with van der Waals surface area (Å²) in [7, 11) is 2.94. The van der Waals surface area contributed by atoms with Gasteiger partial charge in [0.15, 0.2) is 0 Å². The maximum atomic E-state index is 11.8. The Morgan fingerprint density at radius 2 is 1.95 bits per heavy atom. The molecule has 0 spiro atoms. The Balaban J connectivity index is 4.34. The van der Waals surface area contributed by atoms with Gasteiger partial charge in [0, 0.05) is 14.2 Å². The number of methoxy groups -OCH3 is 1. The van der Waals surface area contributed by atoms with Crippen LogP contribution in [0.4, 0.5) is 4.79 Å². The van der Waals surface area contributed by atoms with Crippen LogP contribution in [0.1, 0.15) is 20.3 Å². The lowest BCUT2D eigenvalue weighted by Gasteiger charge is -2.24. The number of carbonyl (C=O) groups is 2. The molecule has 0 aliphatic heterocycles. The Morgan fingerprint density at radius 3 is 2.37 bits per heavy atom. The minimum Gasteiger partial charge on any atom is -0.480 e. The van der Waals surface area contributed by atoms with Crippen LogP contribution < -0.4 is 5.32 Å². The van der Waals surface area contributed by atoms with E-state index >= 15 is 0 Å². The summed E-state index contributed by atoms with van der Waals surface area (Å²) in [5, 5.41) is 20.9. The molecule has 0 rings (SSSR count). The molecule has 0 aromatic carbocycles. The predicted molar refractivity (Wildman–Crippen MR) is 69.9 cm³/mol. The molecule has 3 N–H and O–H groups in total. The number of nitrogens with zero attached hydrogens (tertiary/aromatic N) is 1. The van der Waals surface area contributed by atoms with Gasteiger partial charge in [0.2, 0.25) is 0 Å². The fourth-order valence-electron chi connectivity index (χ4n) is 1.60. The third-order valence-electron chi connectivity index (χ3n) is 2.49. The van der Waals surface area contributed by atoms with Crippen LogP contribution in [0.3, 0.4) is 0 Å². The Hall–Kier alpha value is -1.34. The Labute approximate surface area is 113 Å². The molecule has 0 aliphatic rings. The number of hydrogen-bond donors (Lipinski definition) is 3. The number of aliphatic hydroxyl groups is 1. The van der Waals surface area contributed by atoms with Gasteiger partial charge in [-0.3, -0.25) is 0 Å². The number of aliphatic hydroxyl groups excluding tert-OH is 1. The smallest absolute Gasteiger partial charge is 0.326 e. The van der Waals surface area contributed by atoms with Gasteiger partial charge in [0.05, 0.1) is 19.3 Å². The summed E-state index contributed by atoms with van der Waals surface area (Å²) >= 11 is 0. The average molecular weight is 276 g/mol. The first-order chi connectivity index (χ1) is 8.77. The van der Waals surface area contributed by atoms with Gasteiger partial charge in [-0.2, -0.15) is 0 Å². The summed E-state index contributed by atoms with van der Waals surface area (Å²) in [5.41, 5.74) is 0. The van der Waals surface area contributed by atoms with Gasteiger partial charge in [-0.05, 0) is 12.3 Å². The van der Waals surface area contributed by atoms with Crippen LogP contribution >= 0.6 is 0 Å². The van der Waals surface area contributed by atoms with Gasteiger partial charge in [-0.15, -0.1) is 0 Å². The molecule has 19 heavy (non-hydrogen) atoms. The van der Waals surface area contributed by atoms with Crippen LogP contribution in [0.2, 0.25) is 0 Å². The van der Waals surface area contributed by atoms with Gasteiger partial charge in [-0.1, -0.05) is 13.8 Å². The van der Waals surface area contributed by atoms with Gasteiger partial charge in [0.1, 0.15) is 6.04 Å². The van der Waals surface area contributed by atoms with Crippen molar-refractivity contribution in [2.24, 2.45) is 5.92 Å². The molecular weight excluding hydrogens is 252 g/mol. The van der Waals surface area contributed by atoms with Crippen molar-refractivity contribution in [2.45, 2.75) is 32.4 Å². The van der Waals surface area contributed by atoms with Crippen molar-refractivity contribution in [3.63, 3.8) is 0 Å². The Bertz CT molecular complexity index is 296. The maximum Gasteiger partial charge on any atom is 0.326 e. The number of likely N-dealkylation sites (N-methyl/N-ethyl adjacent to an activating group) is 1. The number of carbonyl (C=O) groups excluding carboxylic acids is 1. The number of hydrogen-bond acceptors (Lipinski definition) is 4. The van der Waals surface area contributed by atoms with Gasteiger partial charge in [-0.25, -0.2) is 9.59 Å². The molecule has 0 aliphatic carbocycles. The molecule has 0 radical (unpaired) electrons. The monoisotopic (exact) mass is 276 g/mol. The van der Waals surface area contributed by atoms with E-state index in [9.17, 15) is 14.7 Å². The highest BCUT2D eigenvalue weighted by molar-refractivity contribution is 5.82. The first kappa shape index (κ1) is 17.7. The SMILES string of the molecule is COCC(O)CN(C)C(=O)N[C@@H](CC(C)C)C(=O)O. The molecule has 0 saturated heterocycles. The summed E-state index contributed by atoms with van der Waals surface area (Å²) in [6.45, 7) is 3.96. The van der Waals surface area contributed by atoms with Gasteiger partial charge in [0.25, 0.3) is 0 Å². The van der Waals surface area contributed by atoms with Gasteiger partial charge >= 0.3 is 12.0 Å². The molecule has 7 heteroatoms. The van der Waals surface area contributed by atoms with Crippen LogP contribution in [0, 0.1) is 5.92 Å². The predicted octanol–water partition coefficient (Wildman–Crippen LogP) is 0.134. The molecule has 0 heterocycles. The zero-order valence-corrected chi connectivity index (χ0v) is 11.9. The zero-order chi connectivity index (χ0) is 15.0. The lowest BCUT2D eigenvalue weighted by atomic mass is 10.0. The highest BCUT2D eigenvalue weighted by Gasteiger charge is 2.23. The van der Waals surface area contributed by atoms with Gasteiger partial charge < -0.3 is 25.2 Å². The highest BCUT2D eigenvalue weighted by atomic mass is 16.5. The molecule has 1 unspecified atom stereocenters. The molecule has 2 atom stereocenters. The van der Waals surface area contributed by atoms with Crippen molar-refractivity contribution in [2.75, 3.05) is 27.3 Å². The summed E-state index contributed by atoms with van der Waals surface area (Å²) in [4.78, 5) is 24.0. The van der Waals surface area contributed by atoms with Crippen molar-refractivity contribution in [3.05, 3.63) is 0 Å². The molecule has 0 aromatic rings. The number of nitrogens with one attached hydrogen (secondary N) is 1. The van der Waals surface area contributed by atoms with E-state index in [1.807, 2.05) is 13.8 Å². The molecule has 112 valence electrons. The third-order valence-corrected chi connectivity index (χ3v) is 2.49. The number of amides is 2. The standard InChI is InChI=1S/C12H24N2O5/c1-8(2)5-10(11(16)17)13-12(18)14(3)6-9(15)7-19-4/h8-10,15H,5-7H2,1-4H3,(H,13,18)(H,16,17)/t9?,10-/m0/s1. The number of carboxylic acids is 1. The van der Waals surface area contributed by atoms with Crippen molar-refractivity contribution < 1.29 is 24.5 Å². The minimum atomic E-state index is -1.06. The normalized spacial score (nSPS) is 14.0. The second-order valence-electron chi connectivity index (χ2n) is 4.96. The van der Waals surface area contributed by atoms with E-state index in [0.29, 0.717) is 6.42 Å².